The number of carbonyl (C=O) groups excluding carboxylic acids is 1. The normalized spacial score (nSPS) is 19.6. The second-order valence-corrected chi connectivity index (χ2v) is 9.54. The molecule has 2 aliphatic rings. The largest absolute Gasteiger partial charge is 0.310 e. The van der Waals surface area contributed by atoms with Crippen molar-refractivity contribution in [2.24, 2.45) is 0 Å². The zero-order chi connectivity index (χ0) is 20.0. The molecule has 1 atom stereocenters. The number of amides is 1. The van der Waals surface area contributed by atoms with E-state index in [0.29, 0.717) is 25.9 Å². The van der Waals surface area contributed by atoms with Gasteiger partial charge in [-0.15, -0.1) is 0 Å². The van der Waals surface area contributed by atoms with E-state index in [1.54, 1.807) is 17.0 Å². The van der Waals surface area contributed by atoms with Gasteiger partial charge in [-0.25, -0.2) is 8.42 Å². The molecule has 5 nitrogen and oxygen atoms in total. The standard InChI is InChI=1S/C23H22N2O3S/c26-23(24-15-13-18-7-3-4-9-21(18)24)22-10-5-14-25(22)29(27,28)20-12-11-17-6-1-2-8-19(17)16-20/h1-4,6-9,11-12,16,22H,5,10,13-15H2/t22-/m0/s1. The lowest BCUT2D eigenvalue weighted by Gasteiger charge is -2.27. The molecule has 1 fully saturated rings. The van der Waals surface area contributed by atoms with Crippen LogP contribution >= 0.6 is 0 Å². The van der Waals surface area contributed by atoms with Crippen molar-refractivity contribution in [2.75, 3.05) is 18.0 Å². The second-order valence-electron chi connectivity index (χ2n) is 7.65. The van der Waals surface area contributed by atoms with Crippen LogP contribution in [0.2, 0.25) is 0 Å². The van der Waals surface area contributed by atoms with E-state index in [2.05, 4.69) is 0 Å². The minimum atomic E-state index is -3.75. The highest BCUT2D eigenvalue weighted by atomic mass is 32.2. The summed E-state index contributed by atoms with van der Waals surface area (Å²) in [7, 11) is -3.75. The third-order valence-corrected chi connectivity index (χ3v) is 7.87. The molecule has 0 N–H and O–H groups in total. The van der Waals surface area contributed by atoms with E-state index in [0.717, 1.165) is 28.4 Å². The maximum Gasteiger partial charge on any atom is 0.245 e. The van der Waals surface area contributed by atoms with Gasteiger partial charge in [-0.1, -0.05) is 48.5 Å². The summed E-state index contributed by atoms with van der Waals surface area (Å²) < 4.78 is 28.2. The summed E-state index contributed by atoms with van der Waals surface area (Å²) in [6, 6.07) is 20.1. The van der Waals surface area contributed by atoms with Gasteiger partial charge in [-0.05, 0) is 53.8 Å². The Kier molecular flexibility index (Phi) is 4.41. The van der Waals surface area contributed by atoms with Gasteiger partial charge in [0.05, 0.1) is 4.90 Å². The number of nitrogens with zero attached hydrogens (tertiary/aromatic N) is 2. The van der Waals surface area contributed by atoms with E-state index in [1.807, 2.05) is 54.6 Å². The molecular formula is C23H22N2O3S. The lowest BCUT2D eigenvalue weighted by molar-refractivity contribution is -0.121. The van der Waals surface area contributed by atoms with Crippen LogP contribution in [-0.2, 0) is 21.2 Å². The first kappa shape index (κ1) is 18.3. The first-order valence-electron chi connectivity index (χ1n) is 9.96. The monoisotopic (exact) mass is 406 g/mol. The lowest BCUT2D eigenvalue weighted by atomic mass is 10.1. The Morgan fingerprint density at radius 3 is 2.52 bits per heavy atom. The van der Waals surface area contributed by atoms with Crippen molar-refractivity contribution >= 4 is 32.4 Å². The van der Waals surface area contributed by atoms with Crippen LogP contribution in [0.5, 0.6) is 0 Å². The van der Waals surface area contributed by atoms with Gasteiger partial charge >= 0.3 is 0 Å². The quantitative estimate of drug-likeness (QED) is 0.668. The SMILES string of the molecule is O=C([C@@H]1CCCN1S(=O)(=O)c1ccc2ccccc2c1)N1CCc2ccccc21. The molecule has 1 saturated heterocycles. The molecule has 2 aliphatic heterocycles. The third-order valence-electron chi connectivity index (χ3n) is 5.97. The molecule has 0 saturated carbocycles. The fourth-order valence-electron chi connectivity index (χ4n) is 4.48. The van der Waals surface area contributed by atoms with Gasteiger partial charge in [0, 0.05) is 18.8 Å². The predicted octanol–water partition coefficient (Wildman–Crippen LogP) is 3.58. The number of benzene rings is 3. The zero-order valence-corrected chi connectivity index (χ0v) is 16.8. The third kappa shape index (κ3) is 3.03. The Labute approximate surface area is 170 Å². The summed E-state index contributed by atoms with van der Waals surface area (Å²) in [6.45, 7) is 0.986. The number of carbonyl (C=O) groups is 1. The zero-order valence-electron chi connectivity index (χ0n) is 16.0. The molecule has 148 valence electrons. The molecule has 0 bridgehead atoms. The fraction of sp³-hybridized carbons (Fsp3) is 0.261. The maximum atomic E-state index is 13.4. The summed E-state index contributed by atoms with van der Waals surface area (Å²) in [5.41, 5.74) is 2.05. The molecule has 5 rings (SSSR count). The van der Waals surface area contributed by atoms with Gasteiger partial charge < -0.3 is 4.90 Å². The van der Waals surface area contributed by atoms with Crippen LogP contribution in [0.3, 0.4) is 0 Å². The summed E-state index contributed by atoms with van der Waals surface area (Å²) in [6.07, 6.45) is 2.06. The number of fused-ring (bicyclic) bond motifs is 2. The van der Waals surface area contributed by atoms with Crippen LogP contribution in [-0.4, -0.2) is 37.8 Å². The van der Waals surface area contributed by atoms with Crippen LogP contribution in [0.15, 0.2) is 71.6 Å². The number of sulfonamides is 1. The number of rotatable bonds is 3. The molecule has 3 aromatic rings. The van der Waals surface area contributed by atoms with Crippen molar-refractivity contribution in [3.05, 3.63) is 72.3 Å². The average Bonchev–Trinajstić information content (AvgIpc) is 3.41. The first-order valence-corrected chi connectivity index (χ1v) is 11.4. The molecule has 0 unspecified atom stereocenters. The van der Waals surface area contributed by atoms with E-state index in [1.165, 1.54) is 4.31 Å². The molecule has 0 aliphatic carbocycles. The molecule has 6 heteroatoms. The highest BCUT2D eigenvalue weighted by molar-refractivity contribution is 7.89. The van der Waals surface area contributed by atoms with Gasteiger partial charge in [-0.3, -0.25) is 4.79 Å². The number of hydrogen-bond donors (Lipinski definition) is 0. The average molecular weight is 407 g/mol. The van der Waals surface area contributed by atoms with Crippen molar-refractivity contribution < 1.29 is 13.2 Å². The summed E-state index contributed by atoms with van der Waals surface area (Å²) in [5, 5.41) is 1.87. The topological polar surface area (TPSA) is 57.7 Å². The Morgan fingerprint density at radius 2 is 1.66 bits per heavy atom. The van der Waals surface area contributed by atoms with E-state index < -0.39 is 16.1 Å². The Balaban J connectivity index is 1.47. The summed E-state index contributed by atoms with van der Waals surface area (Å²) >= 11 is 0. The molecule has 1 amide bonds. The van der Waals surface area contributed by atoms with E-state index in [-0.39, 0.29) is 10.8 Å². The fourth-order valence-corrected chi connectivity index (χ4v) is 6.17. The maximum absolute atomic E-state index is 13.4. The van der Waals surface area contributed by atoms with Gasteiger partial charge in [0.2, 0.25) is 15.9 Å². The molecule has 0 aromatic heterocycles. The summed E-state index contributed by atoms with van der Waals surface area (Å²) in [4.78, 5) is 15.3. The Hall–Kier alpha value is -2.70. The predicted molar refractivity (Wildman–Crippen MR) is 113 cm³/mol. The Bertz CT molecular complexity index is 1210. The number of anilines is 1. The smallest absolute Gasteiger partial charge is 0.245 e. The lowest BCUT2D eigenvalue weighted by Crippen LogP contribution is -2.47. The molecule has 0 radical (unpaired) electrons. The Morgan fingerprint density at radius 1 is 0.897 bits per heavy atom. The van der Waals surface area contributed by atoms with E-state index >= 15 is 0 Å². The van der Waals surface area contributed by atoms with Crippen LogP contribution in [0.4, 0.5) is 5.69 Å². The van der Waals surface area contributed by atoms with Crippen molar-refractivity contribution in [1.29, 1.82) is 0 Å². The number of para-hydroxylation sites is 1. The molecule has 3 aromatic carbocycles. The van der Waals surface area contributed by atoms with Crippen LogP contribution < -0.4 is 4.90 Å². The van der Waals surface area contributed by atoms with Gasteiger partial charge in [0.1, 0.15) is 6.04 Å². The van der Waals surface area contributed by atoms with Crippen molar-refractivity contribution in [3.63, 3.8) is 0 Å². The molecule has 0 spiro atoms. The van der Waals surface area contributed by atoms with Gasteiger partial charge in [0.15, 0.2) is 0 Å². The van der Waals surface area contributed by atoms with E-state index in [4.69, 9.17) is 0 Å². The van der Waals surface area contributed by atoms with Crippen molar-refractivity contribution in [3.8, 4) is 0 Å². The van der Waals surface area contributed by atoms with Crippen LogP contribution in [0.25, 0.3) is 10.8 Å². The molecule has 2 heterocycles. The van der Waals surface area contributed by atoms with Crippen LogP contribution in [0.1, 0.15) is 18.4 Å². The van der Waals surface area contributed by atoms with E-state index in [9.17, 15) is 13.2 Å². The highest BCUT2D eigenvalue weighted by Gasteiger charge is 2.42. The van der Waals surface area contributed by atoms with Crippen molar-refractivity contribution in [1.82, 2.24) is 4.31 Å². The molecule has 29 heavy (non-hydrogen) atoms. The minimum absolute atomic E-state index is 0.114. The van der Waals surface area contributed by atoms with Crippen molar-refractivity contribution in [2.45, 2.75) is 30.2 Å². The first-order chi connectivity index (χ1) is 14.1. The molecular weight excluding hydrogens is 384 g/mol. The van der Waals surface area contributed by atoms with Gasteiger partial charge in [-0.2, -0.15) is 4.31 Å². The second kappa shape index (κ2) is 6.97. The van der Waals surface area contributed by atoms with Crippen LogP contribution in [0, 0.1) is 0 Å². The minimum Gasteiger partial charge on any atom is -0.310 e. The highest BCUT2D eigenvalue weighted by Crippen LogP contribution is 2.33. The van der Waals surface area contributed by atoms with Gasteiger partial charge in [0.25, 0.3) is 0 Å². The number of hydrogen-bond acceptors (Lipinski definition) is 3. The summed E-state index contributed by atoms with van der Waals surface area (Å²) in [5.74, 6) is -0.114.